The third-order valence-corrected chi connectivity index (χ3v) is 3.95. The van der Waals surface area contributed by atoms with E-state index in [0.29, 0.717) is 0 Å². The lowest BCUT2D eigenvalue weighted by Gasteiger charge is -2.17. The maximum Gasteiger partial charge on any atom is 0.331 e. The molecule has 1 atom stereocenters. The summed E-state index contributed by atoms with van der Waals surface area (Å²) in [6.07, 6.45) is 2.01. The van der Waals surface area contributed by atoms with Gasteiger partial charge in [-0.15, -0.1) is 0 Å². The molecule has 138 valence electrons. The fourth-order valence-corrected chi connectivity index (χ4v) is 2.54. The molecule has 10 heteroatoms. The summed E-state index contributed by atoms with van der Waals surface area (Å²) in [6, 6.07) is 8.35. The van der Waals surface area contributed by atoms with E-state index in [1.54, 1.807) is 31.2 Å². The minimum Gasteiger partial charge on any atom is -0.494 e. The Bertz CT molecular complexity index is 1230. The van der Waals surface area contributed by atoms with Crippen molar-refractivity contribution >= 4 is 11.9 Å². The van der Waals surface area contributed by atoms with Crippen LogP contribution in [0.5, 0.6) is 5.88 Å². The van der Waals surface area contributed by atoms with Crippen LogP contribution < -0.4 is 22.5 Å². The molecule has 4 N–H and O–H groups in total. The number of aromatic hydroxyl groups is 1. The molecule has 1 aromatic carbocycles. The molecule has 0 bridgehead atoms. The number of aromatic nitrogens is 4. The van der Waals surface area contributed by atoms with Gasteiger partial charge in [0.1, 0.15) is 11.3 Å². The van der Waals surface area contributed by atoms with E-state index in [1.807, 2.05) is 11.1 Å². The molecule has 0 amide bonds. The van der Waals surface area contributed by atoms with Crippen molar-refractivity contribution < 1.29 is 5.11 Å². The predicted molar refractivity (Wildman–Crippen MR) is 98.2 cm³/mol. The SMILES string of the molecule is CC(c1ccccc1)n1c(O)c(C=Nc2c[nH]c(=O)[nH]c2=O)c(=O)[nH]c1=O. The van der Waals surface area contributed by atoms with Crippen molar-refractivity contribution in [1.82, 2.24) is 19.5 Å². The first-order chi connectivity index (χ1) is 12.9. The van der Waals surface area contributed by atoms with Gasteiger partial charge in [0.15, 0.2) is 0 Å². The van der Waals surface area contributed by atoms with Gasteiger partial charge in [0.05, 0.1) is 6.04 Å². The Kier molecular flexibility index (Phi) is 4.71. The van der Waals surface area contributed by atoms with Crippen molar-refractivity contribution in [2.75, 3.05) is 0 Å². The second-order valence-electron chi connectivity index (χ2n) is 5.67. The van der Waals surface area contributed by atoms with Gasteiger partial charge in [0, 0.05) is 12.4 Å². The Morgan fingerprint density at radius 3 is 2.44 bits per heavy atom. The fourth-order valence-electron chi connectivity index (χ4n) is 2.54. The number of H-pyrrole nitrogens is 3. The van der Waals surface area contributed by atoms with Gasteiger partial charge in [0.2, 0.25) is 5.88 Å². The first-order valence-corrected chi connectivity index (χ1v) is 7.87. The summed E-state index contributed by atoms with van der Waals surface area (Å²) in [5.74, 6) is -0.593. The summed E-state index contributed by atoms with van der Waals surface area (Å²) in [7, 11) is 0. The zero-order valence-corrected chi connectivity index (χ0v) is 14.1. The minimum absolute atomic E-state index is 0.178. The number of hydrogen-bond donors (Lipinski definition) is 4. The molecule has 27 heavy (non-hydrogen) atoms. The van der Waals surface area contributed by atoms with E-state index in [0.717, 1.165) is 22.5 Å². The minimum atomic E-state index is -0.862. The summed E-state index contributed by atoms with van der Waals surface area (Å²) in [6.45, 7) is 1.68. The van der Waals surface area contributed by atoms with Crippen LogP contribution in [-0.2, 0) is 0 Å². The van der Waals surface area contributed by atoms with Crippen LogP contribution in [0.2, 0.25) is 0 Å². The van der Waals surface area contributed by atoms with Crippen LogP contribution >= 0.6 is 0 Å². The summed E-state index contributed by atoms with van der Waals surface area (Å²) < 4.78 is 1.01. The average Bonchev–Trinajstić information content (AvgIpc) is 2.63. The number of nitrogens with zero attached hydrogens (tertiary/aromatic N) is 2. The van der Waals surface area contributed by atoms with Crippen LogP contribution in [0.25, 0.3) is 0 Å². The first-order valence-electron chi connectivity index (χ1n) is 7.87. The van der Waals surface area contributed by atoms with Crippen LogP contribution in [-0.4, -0.2) is 30.8 Å². The molecule has 0 saturated carbocycles. The zero-order valence-electron chi connectivity index (χ0n) is 14.1. The lowest BCUT2D eigenvalue weighted by Crippen LogP contribution is -2.34. The monoisotopic (exact) mass is 369 g/mol. The van der Waals surface area contributed by atoms with Crippen LogP contribution in [0.4, 0.5) is 5.69 Å². The fraction of sp³-hybridized carbons (Fsp3) is 0.118. The van der Waals surface area contributed by atoms with Crippen molar-refractivity contribution in [2.24, 2.45) is 4.99 Å². The van der Waals surface area contributed by atoms with E-state index in [2.05, 4.69) is 15.0 Å². The standard InChI is InChI=1S/C17H15N5O5/c1-9(10-5-3-2-4-6-10)22-15(25)11(13(23)21-17(22)27)7-18-12-8-19-16(26)20-14(12)24/h2-9,25H,1H3,(H,21,23,27)(H2,19,20,24,26). The highest BCUT2D eigenvalue weighted by Gasteiger charge is 2.18. The largest absolute Gasteiger partial charge is 0.494 e. The number of hydrogen-bond acceptors (Lipinski definition) is 6. The van der Waals surface area contributed by atoms with Crippen LogP contribution in [0, 0.1) is 0 Å². The predicted octanol–water partition coefficient (Wildman–Crippen LogP) is -0.0213. The molecule has 0 aliphatic heterocycles. The molecule has 2 heterocycles. The normalized spacial score (nSPS) is 12.3. The number of aromatic amines is 3. The van der Waals surface area contributed by atoms with Crippen molar-refractivity contribution in [3.8, 4) is 5.88 Å². The Labute approximate surface area is 150 Å². The lowest BCUT2D eigenvalue weighted by molar-refractivity contribution is 0.388. The van der Waals surface area contributed by atoms with Crippen molar-refractivity contribution in [3.05, 3.63) is 89.3 Å². The third-order valence-electron chi connectivity index (χ3n) is 3.95. The quantitative estimate of drug-likeness (QED) is 0.476. The third kappa shape index (κ3) is 3.54. The van der Waals surface area contributed by atoms with Crippen molar-refractivity contribution in [1.29, 1.82) is 0 Å². The van der Waals surface area contributed by atoms with E-state index in [9.17, 15) is 24.3 Å². The van der Waals surface area contributed by atoms with Gasteiger partial charge in [-0.1, -0.05) is 30.3 Å². The molecule has 0 aliphatic rings. The van der Waals surface area contributed by atoms with Gasteiger partial charge in [-0.25, -0.2) is 14.6 Å². The van der Waals surface area contributed by atoms with Crippen molar-refractivity contribution in [3.63, 3.8) is 0 Å². The van der Waals surface area contributed by atoms with Crippen LogP contribution in [0.15, 0.2) is 60.7 Å². The smallest absolute Gasteiger partial charge is 0.331 e. The van der Waals surface area contributed by atoms with Gasteiger partial charge in [0.25, 0.3) is 11.1 Å². The highest BCUT2D eigenvalue weighted by molar-refractivity contribution is 5.83. The average molecular weight is 369 g/mol. The number of benzene rings is 1. The molecular formula is C17H15N5O5. The van der Waals surface area contributed by atoms with Gasteiger partial charge in [-0.3, -0.25) is 24.1 Å². The van der Waals surface area contributed by atoms with E-state index < -0.39 is 34.4 Å². The Morgan fingerprint density at radius 2 is 1.78 bits per heavy atom. The summed E-state index contributed by atoms with van der Waals surface area (Å²) in [5, 5.41) is 10.5. The second kappa shape index (κ2) is 7.12. The Hall–Kier alpha value is -3.95. The summed E-state index contributed by atoms with van der Waals surface area (Å²) >= 11 is 0. The number of aliphatic imine (C=N–C) groups is 1. The molecule has 0 fully saturated rings. The summed E-state index contributed by atoms with van der Waals surface area (Å²) in [5.41, 5.74) is -2.86. The molecular weight excluding hydrogens is 354 g/mol. The maximum atomic E-state index is 12.2. The molecule has 2 aromatic heterocycles. The van der Waals surface area contributed by atoms with Crippen LogP contribution in [0.1, 0.15) is 24.1 Å². The van der Waals surface area contributed by atoms with E-state index in [1.165, 1.54) is 0 Å². The molecule has 0 spiro atoms. The first kappa shape index (κ1) is 17.9. The molecule has 0 aliphatic carbocycles. The highest BCUT2D eigenvalue weighted by Crippen LogP contribution is 2.21. The second-order valence-corrected chi connectivity index (χ2v) is 5.67. The summed E-state index contributed by atoms with van der Waals surface area (Å²) in [4.78, 5) is 57.1. The molecule has 0 saturated heterocycles. The number of nitrogens with one attached hydrogen (secondary N) is 3. The van der Waals surface area contributed by atoms with E-state index in [4.69, 9.17) is 0 Å². The topological polar surface area (TPSA) is 153 Å². The lowest BCUT2D eigenvalue weighted by atomic mass is 10.1. The Balaban J connectivity index is 2.11. The van der Waals surface area contributed by atoms with E-state index in [-0.39, 0.29) is 11.3 Å². The molecule has 10 nitrogen and oxygen atoms in total. The molecule has 1 unspecified atom stereocenters. The van der Waals surface area contributed by atoms with Gasteiger partial charge in [-0.2, -0.15) is 0 Å². The maximum absolute atomic E-state index is 12.2. The highest BCUT2D eigenvalue weighted by atomic mass is 16.3. The van der Waals surface area contributed by atoms with Crippen LogP contribution in [0.3, 0.4) is 0 Å². The van der Waals surface area contributed by atoms with Gasteiger partial charge < -0.3 is 10.1 Å². The Morgan fingerprint density at radius 1 is 1.07 bits per heavy atom. The van der Waals surface area contributed by atoms with Gasteiger partial charge in [-0.05, 0) is 12.5 Å². The van der Waals surface area contributed by atoms with E-state index >= 15 is 0 Å². The molecule has 3 aromatic rings. The molecule has 0 radical (unpaired) electrons. The molecule has 3 rings (SSSR count). The zero-order chi connectivity index (χ0) is 19.6. The number of rotatable bonds is 4. The van der Waals surface area contributed by atoms with Crippen molar-refractivity contribution in [2.45, 2.75) is 13.0 Å². The van der Waals surface area contributed by atoms with Gasteiger partial charge >= 0.3 is 11.4 Å².